The first-order valence-electron chi connectivity index (χ1n) is 6.20. The maximum absolute atomic E-state index is 5.72. The molecular formula is C14H22O2Si2. The summed E-state index contributed by atoms with van der Waals surface area (Å²) in [6, 6.07) is 7.94. The van der Waals surface area contributed by atoms with Crippen LogP contribution in [0.3, 0.4) is 0 Å². The SMILES string of the molecule is CC(C)=C[SiH2]Oc1ccc(O[SiH2]C=C(C)C)cc1. The predicted octanol–water partition coefficient (Wildman–Crippen LogP) is 2.46. The molecule has 0 N–H and O–H groups in total. The second kappa shape index (κ2) is 7.95. The van der Waals surface area contributed by atoms with Gasteiger partial charge in [0.25, 0.3) is 0 Å². The van der Waals surface area contributed by atoms with Gasteiger partial charge in [0.15, 0.2) is 0 Å². The Hall–Kier alpha value is -1.27. The molecular weight excluding hydrogens is 256 g/mol. The van der Waals surface area contributed by atoms with Crippen molar-refractivity contribution in [3.63, 3.8) is 0 Å². The molecule has 2 nitrogen and oxygen atoms in total. The Morgan fingerprint density at radius 3 is 1.39 bits per heavy atom. The molecule has 0 saturated carbocycles. The fourth-order valence-corrected chi connectivity index (χ4v) is 2.84. The Balaban J connectivity index is 2.42. The van der Waals surface area contributed by atoms with Crippen LogP contribution in [0, 0.1) is 0 Å². The first-order valence-corrected chi connectivity index (χ1v) is 8.99. The first kappa shape index (κ1) is 14.8. The van der Waals surface area contributed by atoms with E-state index in [0.717, 1.165) is 11.5 Å². The van der Waals surface area contributed by atoms with Gasteiger partial charge in [0.2, 0.25) is 19.5 Å². The van der Waals surface area contributed by atoms with E-state index in [1.54, 1.807) is 0 Å². The molecule has 1 aromatic rings. The lowest BCUT2D eigenvalue weighted by Gasteiger charge is -2.07. The van der Waals surface area contributed by atoms with Gasteiger partial charge >= 0.3 is 0 Å². The lowest BCUT2D eigenvalue weighted by atomic mass is 10.3. The number of allylic oxidation sites excluding steroid dienone is 2. The lowest BCUT2D eigenvalue weighted by Crippen LogP contribution is -2.01. The van der Waals surface area contributed by atoms with Crippen molar-refractivity contribution in [2.24, 2.45) is 0 Å². The van der Waals surface area contributed by atoms with Crippen LogP contribution in [-0.4, -0.2) is 19.5 Å². The molecule has 98 valence electrons. The molecule has 18 heavy (non-hydrogen) atoms. The second-order valence-electron chi connectivity index (χ2n) is 4.66. The van der Waals surface area contributed by atoms with Gasteiger partial charge in [0, 0.05) is 0 Å². The highest BCUT2D eigenvalue weighted by Gasteiger charge is 1.95. The van der Waals surface area contributed by atoms with Gasteiger partial charge in [-0.1, -0.05) is 22.5 Å². The van der Waals surface area contributed by atoms with Gasteiger partial charge in [-0.25, -0.2) is 0 Å². The van der Waals surface area contributed by atoms with Gasteiger partial charge in [0.1, 0.15) is 11.5 Å². The summed E-state index contributed by atoms with van der Waals surface area (Å²) in [7, 11) is -1.15. The van der Waals surface area contributed by atoms with E-state index >= 15 is 0 Å². The van der Waals surface area contributed by atoms with Crippen molar-refractivity contribution in [3.8, 4) is 11.5 Å². The Morgan fingerprint density at radius 2 is 1.11 bits per heavy atom. The summed E-state index contributed by atoms with van der Waals surface area (Å²) in [5.74, 6) is 1.88. The van der Waals surface area contributed by atoms with Gasteiger partial charge in [-0.05, 0) is 52.0 Å². The largest absolute Gasteiger partial charge is 0.546 e. The van der Waals surface area contributed by atoms with Crippen LogP contribution in [0.5, 0.6) is 11.5 Å². The Bertz CT molecular complexity index is 373. The van der Waals surface area contributed by atoms with E-state index in [4.69, 9.17) is 8.85 Å². The van der Waals surface area contributed by atoms with Crippen LogP contribution in [0.2, 0.25) is 0 Å². The zero-order chi connectivity index (χ0) is 13.4. The van der Waals surface area contributed by atoms with Gasteiger partial charge in [-0.2, -0.15) is 0 Å². The molecule has 1 aromatic carbocycles. The Morgan fingerprint density at radius 1 is 0.778 bits per heavy atom. The van der Waals surface area contributed by atoms with Crippen molar-refractivity contribution in [1.82, 2.24) is 0 Å². The van der Waals surface area contributed by atoms with E-state index < -0.39 is 19.5 Å². The average molecular weight is 278 g/mol. The summed E-state index contributed by atoms with van der Waals surface area (Å²) in [5.41, 5.74) is 7.06. The molecule has 0 aliphatic heterocycles. The maximum atomic E-state index is 5.72. The van der Waals surface area contributed by atoms with Crippen LogP contribution >= 0.6 is 0 Å². The smallest absolute Gasteiger partial charge is 0.244 e. The predicted molar refractivity (Wildman–Crippen MR) is 83.6 cm³/mol. The van der Waals surface area contributed by atoms with Crippen molar-refractivity contribution in [2.45, 2.75) is 27.7 Å². The van der Waals surface area contributed by atoms with E-state index in [0.29, 0.717) is 0 Å². The minimum absolute atomic E-state index is 0.577. The van der Waals surface area contributed by atoms with E-state index in [1.807, 2.05) is 24.3 Å². The molecule has 0 atom stereocenters. The van der Waals surface area contributed by atoms with Crippen LogP contribution in [0.15, 0.2) is 46.8 Å². The number of rotatable bonds is 6. The third-order valence-corrected chi connectivity index (χ3v) is 5.27. The maximum Gasteiger partial charge on any atom is 0.244 e. The van der Waals surface area contributed by atoms with Crippen molar-refractivity contribution >= 4 is 19.5 Å². The third kappa shape index (κ3) is 6.46. The number of hydrogen-bond acceptors (Lipinski definition) is 2. The summed E-state index contributed by atoms with van der Waals surface area (Å²) < 4.78 is 11.4. The molecule has 0 bridgehead atoms. The standard InChI is InChI=1S/C14H22O2Si2/c1-11(2)9-17-15-13-5-7-14(8-6-13)16-18-10-12(3)4/h5-10H,17-18H2,1-4H3. The topological polar surface area (TPSA) is 18.5 Å². The van der Waals surface area contributed by atoms with E-state index in [2.05, 4.69) is 39.1 Å². The van der Waals surface area contributed by atoms with Crippen LogP contribution in [0.1, 0.15) is 27.7 Å². The molecule has 0 amide bonds. The monoisotopic (exact) mass is 278 g/mol. The van der Waals surface area contributed by atoms with Gasteiger partial charge < -0.3 is 8.85 Å². The Labute approximate surface area is 115 Å². The summed E-state index contributed by atoms with van der Waals surface area (Å²) in [4.78, 5) is 0. The van der Waals surface area contributed by atoms with Gasteiger partial charge in [-0.15, -0.1) is 0 Å². The molecule has 0 aliphatic carbocycles. The highest BCUT2D eigenvalue weighted by molar-refractivity contribution is 6.36. The molecule has 1 rings (SSSR count). The van der Waals surface area contributed by atoms with Crippen LogP contribution < -0.4 is 8.85 Å². The summed E-state index contributed by atoms with van der Waals surface area (Å²) in [5, 5.41) is 0. The van der Waals surface area contributed by atoms with E-state index in [-0.39, 0.29) is 0 Å². The summed E-state index contributed by atoms with van der Waals surface area (Å²) in [6.45, 7) is 8.39. The van der Waals surface area contributed by atoms with Crippen molar-refractivity contribution in [1.29, 1.82) is 0 Å². The fraction of sp³-hybridized carbons (Fsp3) is 0.286. The first-order chi connectivity index (χ1) is 8.58. The normalized spacial score (nSPS) is 10.9. The number of benzene rings is 1. The molecule has 0 fully saturated rings. The lowest BCUT2D eigenvalue weighted by molar-refractivity contribution is 0.586. The molecule has 0 saturated heterocycles. The molecule has 0 aromatic heterocycles. The van der Waals surface area contributed by atoms with Crippen LogP contribution in [0.4, 0.5) is 0 Å². The average Bonchev–Trinajstić information content (AvgIpc) is 2.30. The summed E-state index contributed by atoms with van der Waals surface area (Å²) in [6.07, 6.45) is 0. The van der Waals surface area contributed by atoms with E-state index in [1.165, 1.54) is 11.1 Å². The summed E-state index contributed by atoms with van der Waals surface area (Å²) >= 11 is 0. The quantitative estimate of drug-likeness (QED) is 0.744. The minimum Gasteiger partial charge on any atom is -0.546 e. The van der Waals surface area contributed by atoms with E-state index in [9.17, 15) is 0 Å². The highest BCUT2D eigenvalue weighted by Crippen LogP contribution is 2.17. The second-order valence-corrected chi connectivity index (χ2v) is 6.72. The zero-order valence-electron chi connectivity index (χ0n) is 11.7. The number of hydrogen-bond donors (Lipinski definition) is 0. The van der Waals surface area contributed by atoms with Crippen LogP contribution in [-0.2, 0) is 0 Å². The minimum atomic E-state index is -0.577. The molecule has 0 radical (unpaired) electrons. The molecule has 0 unspecified atom stereocenters. The third-order valence-electron chi connectivity index (χ3n) is 2.31. The molecule has 4 heteroatoms. The molecule has 0 heterocycles. The van der Waals surface area contributed by atoms with Gasteiger partial charge in [-0.3, -0.25) is 0 Å². The van der Waals surface area contributed by atoms with Gasteiger partial charge in [0.05, 0.1) is 0 Å². The highest BCUT2D eigenvalue weighted by atomic mass is 28.2. The fourth-order valence-electron chi connectivity index (χ4n) is 1.24. The molecule has 0 spiro atoms. The van der Waals surface area contributed by atoms with Crippen LogP contribution in [0.25, 0.3) is 0 Å². The Kier molecular flexibility index (Phi) is 6.53. The zero-order valence-corrected chi connectivity index (χ0v) is 14.5. The van der Waals surface area contributed by atoms with Crippen molar-refractivity contribution in [3.05, 3.63) is 46.8 Å². The molecule has 0 aliphatic rings. The van der Waals surface area contributed by atoms with Crippen molar-refractivity contribution in [2.75, 3.05) is 0 Å². The van der Waals surface area contributed by atoms with Crippen molar-refractivity contribution < 1.29 is 8.85 Å².